The van der Waals surface area contributed by atoms with Gasteiger partial charge in [-0.3, -0.25) is 49.5 Å². The molecule has 0 saturated carbocycles. The Labute approximate surface area is 588 Å². The van der Waals surface area contributed by atoms with Crippen molar-refractivity contribution < 1.29 is 61.8 Å². The average molecular weight is 1460 g/mol. The minimum absolute atomic E-state index is 0.0370. The first-order valence-corrected chi connectivity index (χ1v) is 36.1. The van der Waals surface area contributed by atoms with Gasteiger partial charge in [0, 0.05) is 109 Å². The number of hydrogen-bond acceptors (Lipinski definition) is 25. The molecule has 13 heterocycles. The van der Waals surface area contributed by atoms with E-state index >= 15 is 0 Å². The number of nitrogens with two attached hydrogens (primary N) is 1. The van der Waals surface area contributed by atoms with Crippen LogP contribution in [-0.2, 0) is 68.5 Å². The third kappa shape index (κ3) is 24.2. The topological polar surface area (TPSA) is 431 Å². The number of aryl methyl sites for hydroxylation is 1. The fourth-order valence-electron chi connectivity index (χ4n) is 10.5. The third-order valence-corrected chi connectivity index (χ3v) is 21.4. The number of aromatic nitrogens is 14. The quantitative estimate of drug-likeness (QED) is 0.0184. The molecule has 1 fully saturated rings. The average Bonchev–Trinajstić information content (AvgIpc) is 1.69. The van der Waals surface area contributed by atoms with Crippen LogP contribution in [0.15, 0.2) is 72.0 Å². The van der Waals surface area contributed by atoms with E-state index in [1.807, 2.05) is 61.7 Å². The summed E-state index contributed by atoms with van der Waals surface area (Å²) in [6.07, 6.45) is 14.8. The Morgan fingerprint density at radius 2 is 1.32 bits per heavy atom. The first-order chi connectivity index (χ1) is 47.7. The summed E-state index contributed by atoms with van der Waals surface area (Å²) < 4.78 is 69.0. The zero-order valence-electron chi connectivity index (χ0n) is 58.8. The number of aliphatic hydroxyl groups excluding tert-OH is 3. The van der Waals surface area contributed by atoms with Gasteiger partial charge in [0.05, 0.1) is 115 Å². The minimum atomic E-state index is -4.47. The second kappa shape index (κ2) is 37.8. The first-order valence-electron chi connectivity index (χ1n) is 32.8. The maximum absolute atomic E-state index is 12.2. The number of aliphatic hydroxyl groups is 3. The van der Waals surface area contributed by atoms with Gasteiger partial charge in [0.25, 0.3) is 0 Å². The monoisotopic (exact) mass is 1460 g/mol. The van der Waals surface area contributed by atoms with Crippen LogP contribution in [0.4, 0.5) is 36.1 Å². The lowest BCUT2D eigenvalue weighted by molar-refractivity contribution is -0.385. The molecule has 0 aliphatic carbocycles. The molecule has 0 bridgehead atoms. The molecule has 0 spiro atoms. The molecule has 0 aromatic carbocycles. The van der Waals surface area contributed by atoms with Crippen molar-refractivity contribution in [1.82, 2.24) is 79.0 Å². The highest BCUT2D eigenvalue weighted by molar-refractivity contribution is 6.74. The van der Waals surface area contributed by atoms with Crippen molar-refractivity contribution in [3.05, 3.63) is 128 Å². The lowest BCUT2D eigenvalue weighted by Crippen LogP contribution is -2.44. The van der Waals surface area contributed by atoms with Crippen molar-refractivity contribution in [1.29, 1.82) is 0 Å². The first kappa shape index (κ1) is 81.2. The summed E-state index contributed by atoms with van der Waals surface area (Å²) in [5.41, 5.74) is 7.87. The Kier molecular flexibility index (Phi) is 30.3. The van der Waals surface area contributed by atoms with Crippen LogP contribution in [0.1, 0.15) is 113 Å². The van der Waals surface area contributed by atoms with Crippen LogP contribution >= 0.6 is 11.6 Å². The summed E-state index contributed by atoms with van der Waals surface area (Å²) in [5, 5.41) is 70.0. The number of nitrogen functional groups attached to an aromatic ring is 1. The van der Waals surface area contributed by atoms with Crippen LogP contribution in [0, 0.1) is 41.0 Å². The van der Waals surface area contributed by atoms with Gasteiger partial charge in [-0.25, -0.2) is 24.9 Å². The zero-order valence-corrected chi connectivity index (χ0v) is 60.6. The SMILES string of the molecule is CCOC(CNC1=NCC(O)C1)OCC.CCOC1=NCC(O[Si](C)(C)C(C)(C)C)C1.CNc1nc(Cl)ncc1C(F)(F)F.Cc1[nH]ncc1[N+](=O)[O-].Cc1c(N)cnn1C1Cc2nccn2C1.Cc1c([N+](=O)[O-])cnn1C1Cc2nccn2C1.O=C1CC(O)CN1.OC1Cc2nccn2C1. The van der Waals surface area contributed by atoms with Gasteiger partial charge in [0.2, 0.25) is 11.2 Å². The molecule has 7 aromatic rings. The summed E-state index contributed by atoms with van der Waals surface area (Å²) >= 11 is 5.32. The van der Waals surface area contributed by atoms with E-state index < -0.39 is 36.0 Å². The summed E-state index contributed by atoms with van der Waals surface area (Å²) in [7, 11) is -0.324. The molecule has 34 nitrogen and oxygen atoms in total. The summed E-state index contributed by atoms with van der Waals surface area (Å²) in [4.78, 5) is 57.8. The summed E-state index contributed by atoms with van der Waals surface area (Å²) in [6, 6.07) is 0.499. The van der Waals surface area contributed by atoms with E-state index in [9.17, 15) is 43.3 Å². The van der Waals surface area contributed by atoms with Crippen molar-refractivity contribution in [2.75, 3.05) is 64.1 Å². The standard InChI is InChI=1S/C12H25NO2Si.C10H11N5O2.C10H13N5.C10H20N2O3.C6H5ClF3N3.C6H8N2O.C4H5N3O2.C4H7NO2/c1-7-14-11-8-10(9-13-11)15-16(5,6)12(2,3)4;1-7-9(15(16)17)5-12-14(7)8-4-10-11-2-3-13(10)6-8;1-7-9(11)5-13-15(7)8-4-10-12-2-3-14(10)6-8;1-3-14-10(15-4-2)7-12-9-5-8(13)6-11-9;1-11-4-3(6(8,9)10)2-12-5(7)13-4;9-5-3-6-7-1-2-8(6)4-5;1-3-4(7(8)9)2-5-6-3;6-3-1-4(7)5-2-3/h10H,7-9H2,1-6H3;2-3,5,8H,4,6H2,1H3;2-3,5,8H,4,6,11H2,1H3;8,10,13H,3-7H2,1-2H3,(H,11,12);2H,1H3,(H,11,12,13);1-2,5,9H,3-4H2;2H,1H3,(H,5,6);3,6H,1-2H2,(H,5,7). The number of β-amino-alcohol motifs (C(OH)–C–C–N with tert-alkyl or cyclic N) is 1. The van der Waals surface area contributed by atoms with Gasteiger partial charge in [-0.05, 0) is 71.3 Å². The molecule has 6 atom stereocenters. The molecule has 9 N–H and O–H groups in total. The smallest absolute Gasteiger partial charge is 0.421 e. The van der Waals surface area contributed by atoms with E-state index in [4.69, 9.17) is 46.2 Å². The van der Waals surface area contributed by atoms with Crippen molar-refractivity contribution in [2.24, 2.45) is 9.98 Å². The number of hydrogen-bond donors (Lipinski definition) is 8. The Hall–Kier alpha value is -8.79. The molecule has 6 aliphatic rings. The number of carbonyl (C=O) groups excluding carboxylic acids is 1. The van der Waals surface area contributed by atoms with Crippen molar-refractivity contribution >= 4 is 60.4 Å². The number of nitrogens with one attached hydrogen (secondary N) is 4. The predicted molar refractivity (Wildman–Crippen MR) is 371 cm³/mol. The van der Waals surface area contributed by atoms with Crippen LogP contribution in [0.3, 0.4) is 0 Å². The van der Waals surface area contributed by atoms with Crippen LogP contribution in [0.25, 0.3) is 0 Å². The number of nitro groups is 2. The number of amides is 1. The zero-order chi connectivity index (χ0) is 74.4. The molecule has 101 heavy (non-hydrogen) atoms. The summed E-state index contributed by atoms with van der Waals surface area (Å²) in [5.74, 6) is 4.47. The highest BCUT2D eigenvalue weighted by Gasteiger charge is 2.41. The number of fused-ring (bicyclic) bond motifs is 3. The van der Waals surface area contributed by atoms with Gasteiger partial charge < -0.3 is 69.3 Å². The van der Waals surface area contributed by atoms with E-state index in [1.165, 1.54) is 19.4 Å². The molecule has 39 heteroatoms. The van der Waals surface area contributed by atoms with Gasteiger partial charge in [-0.2, -0.15) is 28.5 Å². The number of alkyl halides is 3. The number of rotatable bonds is 14. The molecule has 6 unspecified atom stereocenters. The number of nitrogens with zero attached hydrogens (tertiary/aromatic N) is 17. The van der Waals surface area contributed by atoms with Crippen LogP contribution in [-0.4, -0.2) is 203 Å². The van der Waals surface area contributed by atoms with Gasteiger partial charge in [-0.1, -0.05) is 20.8 Å². The maximum Gasteiger partial charge on any atom is 0.421 e. The molecule has 6 aliphatic heterocycles. The molecule has 1 saturated heterocycles. The number of aromatic amines is 1. The molecular weight excluding hydrogens is 1370 g/mol. The highest BCUT2D eigenvalue weighted by atomic mass is 35.5. The minimum Gasteiger partial charge on any atom is -0.481 e. The fourth-order valence-corrected chi connectivity index (χ4v) is 12.0. The Morgan fingerprint density at radius 1 is 0.743 bits per heavy atom. The number of H-pyrrole nitrogens is 1. The second-order valence-electron chi connectivity index (χ2n) is 25.2. The number of ether oxygens (including phenoxy) is 3. The van der Waals surface area contributed by atoms with Crippen molar-refractivity contribution in [3.8, 4) is 0 Å². The van der Waals surface area contributed by atoms with Crippen LogP contribution in [0.2, 0.25) is 23.4 Å². The van der Waals surface area contributed by atoms with Crippen molar-refractivity contribution in [2.45, 2.75) is 188 Å². The molecular formula is C62H94ClF3N22O12Si. The van der Waals surface area contributed by atoms with E-state index in [0.717, 1.165) is 86.0 Å². The highest BCUT2D eigenvalue weighted by Crippen LogP contribution is 2.38. The fraction of sp³-hybridized carbons (Fsp3) is 0.597. The summed E-state index contributed by atoms with van der Waals surface area (Å²) in [6.45, 7) is 29.2. The second-order valence-corrected chi connectivity index (χ2v) is 30.3. The molecule has 13 rings (SSSR count). The number of amidine groups is 1. The molecule has 7 aromatic heterocycles. The normalized spacial score (nSPS) is 19.1. The number of imidazole rings is 3. The lowest BCUT2D eigenvalue weighted by atomic mass is 10.2. The lowest BCUT2D eigenvalue weighted by Gasteiger charge is -2.38. The van der Waals surface area contributed by atoms with Gasteiger partial charge in [-0.15, -0.1) is 0 Å². The number of anilines is 2. The van der Waals surface area contributed by atoms with Gasteiger partial charge in [0.1, 0.15) is 52.6 Å². The van der Waals surface area contributed by atoms with Crippen molar-refractivity contribution in [3.63, 3.8) is 0 Å². The van der Waals surface area contributed by atoms with Crippen LogP contribution in [0.5, 0.6) is 0 Å². The van der Waals surface area contributed by atoms with E-state index in [1.54, 1.807) is 37.1 Å². The largest absolute Gasteiger partial charge is 0.481 e. The number of carbonyl (C=O) groups is 1. The van der Waals surface area contributed by atoms with E-state index in [2.05, 4.69) is 114 Å². The Bertz CT molecular complexity index is 3760. The van der Waals surface area contributed by atoms with Gasteiger partial charge in [0.15, 0.2) is 20.5 Å². The van der Waals surface area contributed by atoms with Gasteiger partial charge >= 0.3 is 17.6 Å². The number of aliphatic imine (C=N–C) groups is 2. The molecule has 556 valence electrons. The van der Waals surface area contributed by atoms with E-state index in [0.29, 0.717) is 75.9 Å². The Morgan fingerprint density at radius 3 is 1.73 bits per heavy atom. The predicted octanol–water partition coefficient (Wildman–Crippen LogP) is 6.70. The number of halogens is 4. The molecule has 1 amide bonds. The third-order valence-electron chi connectivity index (χ3n) is 16.7. The molecule has 0 radical (unpaired) electrons. The Balaban J connectivity index is 0.000000184. The maximum atomic E-state index is 12.2. The van der Waals surface area contributed by atoms with Crippen LogP contribution < -0.4 is 21.7 Å². The van der Waals surface area contributed by atoms with E-state index in [-0.39, 0.29) is 70.5 Å².